The molecule has 1 aromatic rings. The predicted molar refractivity (Wildman–Crippen MR) is 67.2 cm³/mol. The Kier molecular flexibility index (Phi) is 4.90. The molecule has 5 heteroatoms. The van der Waals surface area contributed by atoms with Crippen molar-refractivity contribution >= 4 is 17.3 Å². The van der Waals surface area contributed by atoms with Crippen molar-refractivity contribution in [1.29, 1.82) is 0 Å². The zero-order valence-electron chi connectivity index (χ0n) is 10.2. The van der Waals surface area contributed by atoms with Crippen LogP contribution in [0.15, 0.2) is 18.2 Å². The minimum absolute atomic E-state index is 0.146. The summed E-state index contributed by atoms with van der Waals surface area (Å²) in [7, 11) is 0. The highest BCUT2D eigenvalue weighted by Crippen LogP contribution is 2.18. The van der Waals surface area contributed by atoms with Gasteiger partial charge in [0.1, 0.15) is 5.82 Å². The van der Waals surface area contributed by atoms with E-state index in [1.807, 2.05) is 18.7 Å². The summed E-state index contributed by atoms with van der Waals surface area (Å²) in [5.41, 5.74) is 6.28. The van der Waals surface area contributed by atoms with Gasteiger partial charge in [-0.2, -0.15) is 0 Å². The van der Waals surface area contributed by atoms with Crippen molar-refractivity contribution in [3.8, 4) is 0 Å². The van der Waals surface area contributed by atoms with Gasteiger partial charge in [0.25, 0.3) is 0 Å². The molecule has 17 heavy (non-hydrogen) atoms. The smallest absolute Gasteiger partial charge is 0.238 e. The Labute approximate surface area is 101 Å². The Hall–Kier alpha value is -1.62. The molecular formula is C12H18FN3O. The second-order valence-corrected chi connectivity index (χ2v) is 3.74. The summed E-state index contributed by atoms with van der Waals surface area (Å²) in [5, 5.41) is 2.66. The van der Waals surface area contributed by atoms with Gasteiger partial charge in [0.2, 0.25) is 5.91 Å². The standard InChI is InChI=1S/C12H18FN3O/c1-3-16(4-2)8-12(17)15-11-6-5-9(13)7-10(11)14/h5-7H,3-4,8,14H2,1-2H3,(H,15,17). The summed E-state index contributed by atoms with van der Waals surface area (Å²) < 4.78 is 12.8. The number of halogens is 1. The number of carbonyl (C=O) groups excluding carboxylic acids is 1. The number of anilines is 2. The van der Waals surface area contributed by atoms with Gasteiger partial charge in [0, 0.05) is 0 Å². The first-order chi connectivity index (χ1) is 8.06. The second kappa shape index (κ2) is 6.20. The lowest BCUT2D eigenvalue weighted by Crippen LogP contribution is -2.33. The molecule has 0 saturated heterocycles. The maximum atomic E-state index is 12.8. The third-order valence-corrected chi connectivity index (χ3v) is 2.55. The number of hydrogen-bond acceptors (Lipinski definition) is 3. The molecule has 0 aromatic heterocycles. The summed E-state index contributed by atoms with van der Waals surface area (Å²) in [5.74, 6) is -0.559. The monoisotopic (exact) mass is 239 g/mol. The summed E-state index contributed by atoms with van der Waals surface area (Å²) in [6.07, 6.45) is 0. The van der Waals surface area contributed by atoms with E-state index < -0.39 is 5.82 Å². The zero-order chi connectivity index (χ0) is 12.8. The molecule has 0 spiro atoms. The lowest BCUT2D eigenvalue weighted by molar-refractivity contribution is -0.117. The number of amides is 1. The minimum atomic E-state index is -0.413. The van der Waals surface area contributed by atoms with E-state index >= 15 is 0 Å². The van der Waals surface area contributed by atoms with E-state index in [-0.39, 0.29) is 11.6 Å². The van der Waals surface area contributed by atoms with Crippen molar-refractivity contribution in [3.63, 3.8) is 0 Å². The number of benzene rings is 1. The first-order valence-electron chi connectivity index (χ1n) is 5.64. The van der Waals surface area contributed by atoms with Crippen molar-refractivity contribution in [2.75, 3.05) is 30.7 Å². The van der Waals surface area contributed by atoms with Gasteiger partial charge in [-0.1, -0.05) is 13.8 Å². The molecule has 1 amide bonds. The number of nitrogen functional groups attached to an aromatic ring is 1. The van der Waals surface area contributed by atoms with Crippen LogP contribution in [0.2, 0.25) is 0 Å². The average molecular weight is 239 g/mol. The molecule has 0 fully saturated rings. The predicted octanol–water partition coefficient (Wildman–Crippen LogP) is 1.69. The maximum Gasteiger partial charge on any atom is 0.238 e. The minimum Gasteiger partial charge on any atom is -0.397 e. The number of nitrogens with one attached hydrogen (secondary N) is 1. The average Bonchev–Trinajstić information content (AvgIpc) is 2.29. The quantitative estimate of drug-likeness (QED) is 0.769. The van der Waals surface area contributed by atoms with E-state index in [2.05, 4.69) is 5.32 Å². The molecule has 0 heterocycles. The lowest BCUT2D eigenvalue weighted by atomic mass is 10.2. The van der Waals surface area contributed by atoms with E-state index in [9.17, 15) is 9.18 Å². The number of hydrogen-bond donors (Lipinski definition) is 2. The van der Waals surface area contributed by atoms with Crippen LogP contribution in [0.1, 0.15) is 13.8 Å². The lowest BCUT2D eigenvalue weighted by Gasteiger charge is -2.17. The fraction of sp³-hybridized carbons (Fsp3) is 0.417. The molecule has 0 unspecified atom stereocenters. The molecule has 1 aromatic carbocycles. The van der Waals surface area contributed by atoms with Crippen molar-refractivity contribution in [1.82, 2.24) is 4.90 Å². The summed E-state index contributed by atoms with van der Waals surface area (Å²) in [6.45, 7) is 5.90. The summed E-state index contributed by atoms with van der Waals surface area (Å²) in [6, 6.07) is 3.92. The molecule has 0 aliphatic carbocycles. The second-order valence-electron chi connectivity index (χ2n) is 3.74. The fourth-order valence-electron chi connectivity index (χ4n) is 1.49. The zero-order valence-corrected chi connectivity index (χ0v) is 10.2. The summed E-state index contributed by atoms with van der Waals surface area (Å²) in [4.78, 5) is 13.7. The molecule has 0 atom stereocenters. The van der Waals surface area contributed by atoms with Crippen LogP contribution in [0.5, 0.6) is 0 Å². The molecule has 0 aliphatic heterocycles. The Morgan fingerprint density at radius 3 is 2.59 bits per heavy atom. The van der Waals surface area contributed by atoms with Gasteiger partial charge in [-0.15, -0.1) is 0 Å². The first-order valence-corrected chi connectivity index (χ1v) is 5.64. The van der Waals surface area contributed by atoms with Crippen LogP contribution >= 0.6 is 0 Å². The highest BCUT2D eigenvalue weighted by molar-refractivity contribution is 5.95. The molecule has 0 aliphatic rings. The third kappa shape index (κ3) is 4.03. The molecule has 0 bridgehead atoms. The summed E-state index contributed by atoms with van der Waals surface area (Å²) >= 11 is 0. The van der Waals surface area contributed by atoms with E-state index in [0.717, 1.165) is 13.1 Å². The van der Waals surface area contributed by atoms with Gasteiger partial charge < -0.3 is 11.1 Å². The highest BCUT2D eigenvalue weighted by Gasteiger charge is 2.09. The first kappa shape index (κ1) is 13.4. The number of nitrogens with two attached hydrogens (primary N) is 1. The Morgan fingerprint density at radius 1 is 1.41 bits per heavy atom. The van der Waals surface area contributed by atoms with Crippen molar-refractivity contribution < 1.29 is 9.18 Å². The van der Waals surface area contributed by atoms with Crippen LogP contribution in [0, 0.1) is 5.82 Å². The van der Waals surface area contributed by atoms with E-state index in [4.69, 9.17) is 5.73 Å². The molecular weight excluding hydrogens is 221 g/mol. The number of rotatable bonds is 5. The topological polar surface area (TPSA) is 58.4 Å². The highest BCUT2D eigenvalue weighted by atomic mass is 19.1. The largest absolute Gasteiger partial charge is 0.397 e. The van der Waals surface area contributed by atoms with Crippen molar-refractivity contribution in [2.45, 2.75) is 13.8 Å². The van der Waals surface area contributed by atoms with Crippen LogP contribution in [-0.2, 0) is 4.79 Å². The van der Waals surface area contributed by atoms with Gasteiger partial charge in [-0.3, -0.25) is 9.69 Å². The van der Waals surface area contributed by atoms with Gasteiger partial charge in [-0.25, -0.2) is 4.39 Å². The number of carbonyl (C=O) groups is 1. The Balaban J connectivity index is 2.62. The van der Waals surface area contributed by atoms with Gasteiger partial charge in [0.05, 0.1) is 17.9 Å². The molecule has 3 N–H and O–H groups in total. The van der Waals surface area contributed by atoms with Gasteiger partial charge >= 0.3 is 0 Å². The Bertz CT molecular complexity index is 391. The van der Waals surface area contributed by atoms with E-state index in [1.165, 1.54) is 18.2 Å². The van der Waals surface area contributed by atoms with Crippen LogP contribution in [0.3, 0.4) is 0 Å². The van der Waals surface area contributed by atoms with E-state index in [1.54, 1.807) is 0 Å². The normalized spacial score (nSPS) is 10.6. The van der Waals surface area contributed by atoms with Gasteiger partial charge in [-0.05, 0) is 31.3 Å². The number of likely N-dealkylation sites (N-methyl/N-ethyl adjacent to an activating group) is 1. The van der Waals surface area contributed by atoms with Crippen LogP contribution in [0.4, 0.5) is 15.8 Å². The van der Waals surface area contributed by atoms with E-state index in [0.29, 0.717) is 12.2 Å². The van der Waals surface area contributed by atoms with Crippen molar-refractivity contribution in [2.24, 2.45) is 0 Å². The molecule has 4 nitrogen and oxygen atoms in total. The fourth-order valence-corrected chi connectivity index (χ4v) is 1.49. The number of nitrogens with zero attached hydrogens (tertiary/aromatic N) is 1. The van der Waals surface area contributed by atoms with Crippen LogP contribution < -0.4 is 11.1 Å². The maximum absolute atomic E-state index is 12.8. The molecule has 0 saturated carbocycles. The SMILES string of the molecule is CCN(CC)CC(=O)Nc1ccc(F)cc1N. The Morgan fingerprint density at radius 2 is 2.06 bits per heavy atom. The van der Waals surface area contributed by atoms with Crippen molar-refractivity contribution in [3.05, 3.63) is 24.0 Å². The molecule has 1 rings (SSSR count). The molecule has 0 radical (unpaired) electrons. The molecule has 94 valence electrons. The third-order valence-electron chi connectivity index (χ3n) is 2.55. The van der Waals surface area contributed by atoms with Gasteiger partial charge in [0.15, 0.2) is 0 Å². The van der Waals surface area contributed by atoms with Crippen LogP contribution in [0.25, 0.3) is 0 Å². The van der Waals surface area contributed by atoms with Crippen LogP contribution in [-0.4, -0.2) is 30.4 Å².